The van der Waals surface area contributed by atoms with Gasteiger partial charge in [-0.1, -0.05) is 46.3 Å². The Hall–Kier alpha value is -2.75. The zero-order chi connectivity index (χ0) is 20.7. The molecule has 5 rings (SSSR count). The van der Waals surface area contributed by atoms with Crippen molar-refractivity contribution in [2.75, 3.05) is 4.90 Å². The molecule has 2 aliphatic rings. The fourth-order valence-corrected chi connectivity index (χ4v) is 5.74. The molecule has 0 unspecified atom stereocenters. The number of aryl methyl sites for hydroxylation is 1. The van der Waals surface area contributed by atoms with Crippen LogP contribution in [0.15, 0.2) is 58.0 Å². The fraction of sp³-hybridized carbons (Fsp3) is 0.208. The van der Waals surface area contributed by atoms with E-state index in [9.17, 15) is 10.1 Å². The first kappa shape index (κ1) is 19.2. The number of nitrogens with zero attached hydrogens (tertiary/aromatic N) is 3. The number of halogens is 1. The maximum absolute atomic E-state index is 13.4. The fourth-order valence-electron chi connectivity index (χ4n) is 4.16. The summed E-state index contributed by atoms with van der Waals surface area (Å²) in [5, 5.41) is 10.4. The number of rotatable bonds is 3. The molecule has 0 saturated heterocycles. The van der Waals surface area contributed by atoms with Crippen molar-refractivity contribution in [2.45, 2.75) is 32.2 Å². The summed E-state index contributed by atoms with van der Waals surface area (Å²) in [7, 11) is 0. The standard InChI is InChI=1S/C24H18BrN3OS/c25-16-10-11-20-18(12-16)22(24(29)28(20)14-15-6-2-1-3-7-15)27-23-19(13-26)17-8-4-5-9-21(17)30-23/h1-3,6-7,10-12H,4-5,8-9,14H2. The molecular weight excluding hydrogens is 458 g/mol. The molecule has 0 radical (unpaired) electrons. The van der Waals surface area contributed by atoms with Gasteiger partial charge in [-0.2, -0.15) is 5.26 Å². The van der Waals surface area contributed by atoms with E-state index in [-0.39, 0.29) is 5.91 Å². The van der Waals surface area contributed by atoms with E-state index in [2.05, 4.69) is 22.0 Å². The average Bonchev–Trinajstić information content (AvgIpc) is 3.24. The van der Waals surface area contributed by atoms with Crippen LogP contribution in [0.2, 0.25) is 0 Å². The Morgan fingerprint density at radius 2 is 1.93 bits per heavy atom. The van der Waals surface area contributed by atoms with Crippen LogP contribution in [0.25, 0.3) is 0 Å². The lowest BCUT2D eigenvalue weighted by Gasteiger charge is -2.16. The average molecular weight is 476 g/mol. The van der Waals surface area contributed by atoms with Gasteiger partial charge in [0.15, 0.2) is 0 Å². The molecule has 0 spiro atoms. The third-order valence-corrected chi connectivity index (χ3v) is 7.29. The molecule has 1 aliphatic heterocycles. The zero-order valence-electron chi connectivity index (χ0n) is 16.2. The number of anilines is 1. The number of carbonyl (C=O) groups is 1. The molecular formula is C24H18BrN3OS. The smallest absolute Gasteiger partial charge is 0.277 e. The Morgan fingerprint density at radius 3 is 2.73 bits per heavy atom. The molecule has 148 valence electrons. The largest absolute Gasteiger partial charge is 0.302 e. The van der Waals surface area contributed by atoms with Crippen molar-refractivity contribution < 1.29 is 4.79 Å². The quantitative estimate of drug-likeness (QED) is 0.471. The summed E-state index contributed by atoms with van der Waals surface area (Å²) in [6, 6.07) is 18.1. The van der Waals surface area contributed by atoms with Crippen LogP contribution in [-0.2, 0) is 24.2 Å². The van der Waals surface area contributed by atoms with Gasteiger partial charge >= 0.3 is 0 Å². The SMILES string of the molecule is N#Cc1c(N=C2C(=O)N(Cc3ccccc3)c3ccc(Br)cc32)sc2c1CCCC2. The molecule has 0 atom stereocenters. The number of carbonyl (C=O) groups excluding carboxylic acids is 1. The number of hydrogen-bond donors (Lipinski definition) is 0. The van der Waals surface area contributed by atoms with Gasteiger partial charge in [-0.05, 0) is 55.0 Å². The highest BCUT2D eigenvalue weighted by Gasteiger charge is 2.35. The second-order valence-corrected chi connectivity index (χ2v) is 9.50. The Kier molecular flexibility index (Phi) is 5.01. The lowest BCUT2D eigenvalue weighted by atomic mass is 9.96. The van der Waals surface area contributed by atoms with Gasteiger partial charge in [0.25, 0.3) is 5.91 Å². The molecule has 2 aromatic carbocycles. The van der Waals surface area contributed by atoms with Crippen molar-refractivity contribution in [3.05, 3.63) is 80.1 Å². The van der Waals surface area contributed by atoms with Crippen LogP contribution in [0.5, 0.6) is 0 Å². The highest BCUT2D eigenvalue weighted by atomic mass is 79.9. The van der Waals surface area contributed by atoms with Crippen molar-refractivity contribution >= 4 is 49.6 Å². The number of aliphatic imine (C=N–C) groups is 1. The van der Waals surface area contributed by atoms with E-state index in [0.29, 0.717) is 22.8 Å². The summed E-state index contributed by atoms with van der Waals surface area (Å²) in [5.41, 5.74) is 4.91. The Balaban J connectivity index is 1.61. The summed E-state index contributed by atoms with van der Waals surface area (Å²) < 4.78 is 0.897. The maximum atomic E-state index is 13.4. The molecule has 3 aromatic rings. The Labute approximate surface area is 187 Å². The number of nitriles is 1. The van der Waals surface area contributed by atoms with Crippen LogP contribution >= 0.6 is 27.3 Å². The van der Waals surface area contributed by atoms with Crippen LogP contribution < -0.4 is 4.90 Å². The van der Waals surface area contributed by atoms with Gasteiger partial charge in [0.05, 0.1) is 17.8 Å². The maximum Gasteiger partial charge on any atom is 0.277 e. The van der Waals surface area contributed by atoms with Crippen LogP contribution in [0.4, 0.5) is 10.7 Å². The van der Waals surface area contributed by atoms with Gasteiger partial charge in [-0.25, -0.2) is 4.99 Å². The molecule has 1 aliphatic carbocycles. The van der Waals surface area contributed by atoms with Crippen molar-refractivity contribution in [3.8, 4) is 6.07 Å². The van der Waals surface area contributed by atoms with Gasteiger partial charge in [0.2, 0.25) is 0 Å². The molecule has 0 saturated carbocycles. The van der Waals surface area contributed by atoms with Crippen molar-refractivity contribution in [3.63, 3.8) is 0 Å². The topological polar surface area (TPSA) is 56.5 Å². The monoisotopic (exact) mass is 475 g/mol. The Morgan fingerprint density at radius 1 is 1.13 bits per heavy atom. The molecule has 30 heavy (non-hydrogen) atoms. The molecule has 6 heteroatoms. The first-order valence-corrected chi connectivity index (χ1v) is 11.6. The van der Waals surface area contributed by atoms with Crippen LogP contribution in [0.1, 0.15) is 40.0 Å². The van der Waals surface area contributed by atoms with E-state index in [1.54, 1.807) is 16.2 Å². The van der Waals surface area contributed by atoms with Crippen LogP contribution in [-0.4, -0.2) is 11.6 Å². The van der Waals surface area contributed by atoms with Gasteiger partial charge < -0.3 is 4.90 Å². The van der Waals surface area contributed by atoms with E-state index >= 15 is 0 Å². The van der Waals surface area contributed by atoms with Crippen LogP contribution in [0, 0.1) is 11.3 Å². The molecule has 2 heterocycles. The number of fused-ring (bicyclic) bond motifs is 2. The summed E-state index contributed by atoms with van der Waals surface area (Å²) >= 11 is 5.09. The normalized spacial score (nSPS) is 16.5. The summed E-state index contributed by atoms with van der Waals surface area (Å²) in [6.07, 6.45) is 4.17. The van der Waals surface area contributed by atoms with Gasteiger partial charge in [0.1, 0.15) is 16.8 Å². The highest BCUT2D eigenvalue weighted by molar-refractivity contribution is 9.10. The van der Waals surface area contributed by atoms with E-state index in [0.717, 1.165) is 52.5 Å². The summed E-state index contributed by atoms with van der Waals surface area (Å²) in [6.45, 7) is 0.485. The summed E-state index contributed by atoms with van der Waals surface area (Å²) in [4.78, 5) is 21.2. The number of thiophene rings is 1. The van der Waals surface area contributed by atoms with E-state index in [1.165, 1.54) is 4.88 Å². The van der Waals surface area contributed by atoms with Crippen molar-refractivity contribution in [2.24, 2.45) is 4.99 Å². The van der Waals surface area contributed by atoms with Crippen molar-refractivity contribution in [1.82, 2.24) is 0 Å². The Bertz CT molecular complexity index is 1220. The molecule has 0 fully saturated rings. The highest BCUT2D eigenvalue weighted by Crippen LogP contribution is 2.41. The first-order valence-electron chi connectivity index (χ1n) is 9.94. The van der Waals surface area contributed by atoms with Crippen molar-refractivity contribution in [1.29, 1.82) is 5.26 Å². The predicted molar refractivity (Wildman–Crippen MR) is 124 cm³/mol. The minimum atomic E-state index is -0.123. The first-order chi connectivity index (χ1) is 14.7. The minimum absolute atomic E-state index is 0.123. The molecule has 4 nitrogen and oxygen atoms in total. The lowest BCUT2D eigenvalue weighted by molar-refractivity contribution is -0.112. The lowest BCUT2D eigenvalue weighted by Crippen LogP contribution is -2.29. The van der Waals surface area contributed by atoms with Gasteiger partial charge in [0, 0.05) is 14.9 Å². The number of amides is 1. The second-order valence-electron chi connectivity index (χ2n) is 7.50. The zero-order valence-corrected chi connectivity index (χ0v) is 18.6. The number of hydrogen-bond acceptors (Lipinski definition) is 4. The second kappa shape index (κ2) is 7.82. The van der Waals surface area contributed by atoms with Gasteiger partial charge in [-0.3, -0.25) is 4.79 Å². The third-order valence-electron chi connectivity index (χ3n) is 5.61. The third kappa shape index (κ3) is 3.28. The molecule has 1 aromatic heterocycles. The van der Waals surface area contributed by atoms with E-state index < -0.39 is 0 Å². The molecule has 0 bridgehead atoms. The van der Waals surface area contributed by atoms with Crippen LogP contribution in [0.3, 0.4) is 0 Å². The van der Waals surface area contributed by atoms with E-state index in [4.69, 9.17) is 4.99 Å². The minimum Gasteiger partial charge on any atom is -0.302 e. The molecule has 0 N–H and O–H groups in total. The van der Waals surface area contributed by atoms with Gasteiger partial charge in [-0.15, -0.1) is 11.3 Å². The summed E-state index contributed by atoms with van der Waals surface area (Å²) in [5.74, 6) is -0.123. The predicted octanol–water partition coefficient (Wildman–Crippen LogP) is 5.93. The molecule has 1 amide bonds. The number of benzene rings is 2. The van der Waals surface area contributed by atoms with E-state index in [1.807, 2.05) is 48.5 Å².